The zero-order valence-electron chi connectivity index (χ0n) is 23.3. The van der Waals surface area contributed by atoms with E-state index in [9.17, 15) is 5.26 Å². The minimum atomic E-state index is 0.219. The predicted octanol–water partition coefficient (Wildman–Crippen LogP) is 9.56. The van der Waals surface area contributed by atoms with Crippen molar-refractivity contribution in [2.75, 3.05) is 14.2 Å². The molecule has 212 valence electrons. The fourth-order valence-electron chi connectivity index (χ4n) is 5.06. The smallest absolute Gasteiger partial charge is 0.238 e. The first kappa shape index (κ1) is 28.2. The number of methoxy groups -OCH3 is 2. The van der Waals surface area contributed by atoms with Crippen LogP contribution in [0.5, 0.6) is 11.5 Å². The van der Waals surface area contributed by atoms with E-state index in [0.29, 0.717) is 39.2 Å². The number of rotatable bonds is 8. The molecule has 0 radical (unpaired) electrons. The van der Waals surface area contributed by atoms with Crippen molar-refractivity contribution >= 4 is 46.2 Å². The molecule has 0 aliphatic carbocycles. The summed E-state index contributed by atoms with van der Waals surface area (Å²) in [6, 6.07) is 30.9. The molecule has 8 heteroatoms. The summed E-state index contributed by atoms with van der Waals surface area (Å²) in [4.78, 5) is 4.73. The molecule has 0 aliphatic heterocycles. The van der Waals surface area contributed by atoms with Gasteiger partial charge in [0.2, 0.25) is 5.88 Å². The average molecular weight is 607 g/mol. The molecule has 6 nitrogen and oxygen atoms in total. The van der Waals surface area contributed by atoms with Gasteiger partial charge in [0.1, 0.15) is 28.9 Å². The van der Waals surface area contributed by atoms with Gasteiger partial charge in [-0.25, -0.2) is 4.99 Å². The normalized spacial score (nSPS) is 11.2. The van der Waals surface area contributed by atoms with Crippen LogP contribution in [-0.4, -0.2) is 25.0 Å². The van der Waals surface area contributed by atoms with E-state index in [1.807, 2.05) is 91.1 Å². The molecule has 0 atom stereocenters. The zero-order valence-corrected chi connectivity index (χ0v) is 24.9. The van der Waals surface area contributed by atoms with Crippen LogP contribution in [0, 0.1) is 11.3 Å². The van der Waals surface area contributed by atoms with Gasteiger partial charge in [-0.3, -0.25) is 0 Å². The van der Waals surface area contributed by atoms with Gasteiger partial charge in [-0.2, -0.15) is 5.26 Å². The molecular weight excluding hydrogens is 581 g/mol. The van der Waals surface area contributed by atoms with Crippen LogP contribution in [0.2, 0.25) is 10.0 Å². The molecule has 4 aromatic carbocycles. The van der Waals surface area contributed by atoms with Crippen LogP contribution >= 0.6 is 23.2 Å². The number of para-hydroxylation sites is 1. The van der Waals surface area contributed by atoms with Gasteiger partial charge in [-0.1, -0.05) is 59.6 Å². The minimum absolute atomic E-state index is 0.219. The lowest BCUT2D eigenvalue weighted by Crippen LogP contribution is -1.98. The minimum Gasteiger partial charge on any atom is -0.497 e. The molecule has 0 aliphatic rings. The number of aliphatic imine (C=N–C) groups is 1. The van der Waals surface area contributed by atoms with Crippen LogP contribution in [0.15, 0.2) is 107 Å². The molecule has 43 heavy (non-hydrogen) atoms. The van der Waals surface area contributed by atoms with Crippen LogP contribution in [-0.2, 0) is 6.54 Å². The van der Waals surface area contributed by atoms with Crippen LogP contribution in [0.1, 0.15) is 16.7 Å². The van der Waals surface area contributed by atoms with Gasteiger partial charge in [0.25, 0.3) is 0 Å². The molecule has 2 heterocycles. The summed E-state index contributed by atoms with van der Waals surface area (Å²) in [5, 5.41) is 12.5. The van der Waals surface area contributed by atoms with Gasteiger partial charge in [-0.05, 0) is 65.7 Å². The Kier molecular flexibility index (Phi) is 7.93. The largest absolute Gasteiger partial charge is 0.497 e. The first-order chi connectivity index (χ1) is 21.0. The van der Waals surface area contributed by atoms with E-state index in [0.717, 1.165) is 38.9 Å². The standard InChI is InChI=1S/C35H25Cl2N3O3/c1-41-27-13-8-22(9-14-27)33-30(18-38)35(43-34(33)23-10-15-28(42-2)16-11-23)39-19-25-21-40(32-6-4-3-5-29(25)32)20-24-7-12-26(36)17-31(24)37/h3-17,19,21H,20H2,1-2H3. The van der Waals surface area contributed by atoms with Crippen molar-refractivity contribution in [2.45, 2.75) is 6.54 Å². The maximum absolute atomic E-state index is 10.3. The molecule has 6 rings (SSSR count). The van der Waals surface area contributed by atoms with E-state index >= 15 is 0 Å². The third kappa shape index (κ3) is 5.61. The summed E-state index contributed by atoms with van der Waals surface area (Å²) in [5.74, 6) is 2.19. The first-order valence-corrected chi connectivity index (χ1v) is 14.2. The summed E-state index contributed by atoms with van der Waals surface area (Å²) in [7, 11) is 3.23. The summed E-state index contributed by atoms with van der Waals surface area (Å²) in [6.07, 6.45) is 3.75. The Hall–Kier alpha value is -4.96. The van der Waals surface area contributed by atoms with Gasteiger partial charge >= 0.3 is 0 Å². The van der Waals surface area contributed by atoms with Gasteiger partial charge in [-0.15, -0.1) is 0 Å². The molecule has 0 spiro atoms. The SMILES string of the molecule is COc1ccc(-c2oc(N=Cc3cn(Cc4ccc(Cl)cc4Cl)c4ccccc34)c(C#N)c2-c2ccc(OC)cc2)cc1. The van der Waals surface area contributed by atoms with Crippen molar-refractivity contribution in [3.05, 3.63) is 124 Å². The molecule has 0 saturated heterocycles. The Morgan fingerprint density at radius 3 is 2.21 bits per heavy atom. The number of nitriles is 1. The quantitative estimate of drug-likeness (QED) is 0.162. The van der Waals surface area contributed by atoms with Crippen molar-refractivity contribution in [1.82, 2.24) is 4.57 Å². The van der Waals surface area contributed by atoms with E-state index in [2.05, 4.69) is 10.6 Å². The molecule has 0 unspecified atom stereocenters. The zero-order chi connectivity index (χ0) is 29.9. The Morgan fingerprint density at radius 1 is 0.884 bits per heavy atom. The lowest BCUT2D eigenvalue weighted by molar-refractivity contribution is 0.414. The molecule has 6 aromatic rings. The maximum atomic E-state index is 10.3. The number of hydrogen-bond acceptors (Lipinski definition) is 5. The van der Waals surface area contributed by atoms with Gasteiger partial charge in [0, 0.05) is 56.6 Å². The Bertz CT molecular complexity index is 2000. The Morgan fingerprint density at radius 2 is 1.56 bits per heavy atom. The summed E-state index contributed by atoms with van der Waals surface area (Å²) < 4.78 is 19.1. The van der Waals surface area contributed by atoms with Gasteiger partial charge in [0.15, 0.2) is 0 Å². The second-order valence-corrected chi connectivity index (χ2v) is 10.6. The lowest BCUT2D eigenvalue weighted by atomic mass is 9.98. The molecule has 2 aromatic heterocycles. The van der Waals surface area contributed by atoms with Crippen molar-refractivity contribution in [2.24, 2.45) is 4.99 Å². The molecule has 0 bridgehead atoms. The summed E-state index contributed by atoms with van der Waals surface area (Å²) >= 11 is 12.6. The number of halogens is 2. The predicted molar refractivity (Wildman–Crippen MR) is 172 cm³/mol. The van der Waals surface area contributed by atoms with E-state index in [1.165, 1.54) is 0 Å². The second kappa shape index (κ2) is 12.1. The maximum Gasteiger partial charge on any atom is 0.238 e. The van der Waals surface area contributed by atoms with Gasteiger partial charge < -0.3 is 18.5 Å². The third-order valence-electron chi connectivity index (χ3n) is 7.23. The highest BCUT2D eigenvalue weighted by Gasteiger charge is 2.23. The highest BCUT2D eigenvalue weighted by Crippen LogP contribution is 2.43. The lowest BCUT2D eigenvalue weighted by Gasteiger charge is -2.08. The molecule has 0 N–H and O–H groups in total. The molecular formula is C35H25Cl2N3O3. The van der Waals surface area contributed by atoms with Crippen molar-refractivity contribution in [1.29, 1.82) is 5.26 Å². The summed E-state index contributed by atoms with van der Waals surface area (Å²) in [5.41, 5.74) is 5.43. The number of hydrogen-bond donors (Lipinski definition) is 0. The van der Waals surface area contributed by atoms with Crippen molar-refractivity contribution < 1.29 is 13.9 Å². The van der Waals surface area contributed by atoms with E-state index < -0.39 is 0 Å². The number of fused-ring (bicyclic) bond motifs is 1. The van der Waals surface area contributed by atoms with Crippen LogP contribution in [0.4, 0.5) is 5.88 Å². The Labute approximate surface area is 259 Å². The number of nitrogens with zero attached hydrogens (tertiary/aromatic N) is 3. The monoisotopic (exact) mass is 605 g/mol. The second-order valence-electron chi connectivity index (χ2n) is 9.78. The third-order valence-corrected chi connectivity index (χ3v) is 7.82. The molecule has 0 amide bonds. The number of benzene rings is 4. The number of furan rings is 1. The Balaban J connectivity index is 1.45. The molecule has 0 saturated carbocycles. The van der Waals surface area contributed by atoms with Crippen molar-refractivity contribution in [3.8, 4) is 40.0 Å². The topological polar surface area (TPSA) is 72.7 Å². The van der Waals surface area contributed by atoms with Crippen LogP contribution < -0.4 is 9.47 Å². The van der Waals surface area contributed by atoms with Crippen LogP contribution in [0.3, 0.4) is 0 Å². The van der Waals surface area contributed by atoms with E-state index in [-0.39, 0.29) is 5.88 Å². The van der Waals surface area contributed by atoms with Crippen LogP contribution in [0.25, 0.3) is 33.4 Å². The molecule has 0 fully saturated rings. The fourth-order valence-corrected chi connectivity index (χ4v) is 5.53. The average Bonchev–Trinajstić information content (AvgIpc) is 3.59. The highest BCUT2D eigenvalue weighted by atomic mass is 35.5. The fraction of sp³-hybridized carbons (Fsp3) is 0.0857. The van der Waals surface area contributed by atoms with E-state index in [4.69, 9.17) is 42.1 Å². The highest BCUT2D eigenvalue weighted by molar-refractivity contribution is 6.35. The van der Waals surface area contributed by atoms with Crippen molar-refractivity contribution in [3.63, 3.8) is 0 Å². The van der Waals surface area contributed by atoms with Gasteiger partial charge in [0.05, 0.1) is 14.2 Å². The van der Waals surface area contributed by atoms with E-state index in [1.54, 1.807) is 26.5 Å². The number of aromatic nitrogens is 1. The summed E-state index contributed by atoms with van der Waals surface area (Å²) in [6.45, 7) is 0.553. The first-order valence-electron chi connectivity index (χ1n) is 13.4. The number of ether oxygens (including phenoxy) is 2.